The van der Waals surface area contributed by atoms with Crippen molar-refractivity contribution >= 4 is 17.7 Å². The van der Waals surface area contributed by atoms with Gasteiger partial charge >= 0.3 is 5.97 Å². The van der Waals surface area contributed by atoms with Gasteiger partial charge in [0.05, 0.1) is 30.4 Å². The molecule has 0 aliphatic heterocycles. The van der Waals surface area contributed by atoms with Gasteiger partial charge in [-0.3, -0.25) is 4.68 Å². The topological polar surface area (TPSA) is 73.6 Å². The number of aromatic nitrogens is 2. The van der Waals surface area contributed by atoms with Gasteiger partial charge in [-0.05, 0) is 24.5 Å². The Morgan fingerprint density at radius 3 is 2.38 bits per heavy atom. The molecular weight excluding hydrogens is 292 g/mol. The summed E-state index contributed by atoms with van der Waals surface area (Å²) in [6, 6.07) is 5.14. The molecule has 0 saturated heterocycles. The van der Waals surface area contributed by atoms with Crippen LogP contribution in [-0.4, -0.2) is 41.3 Å². The maximum atomic E-state index is 11.1. The minimum Gasteiger partial charge on any atom is -0.496 e. The summed E-state index contributed by atoms with van der Waals surface area (Å²) in [7, 11) is 4.87. The number of thioether (sulfide) groups is 1. The molecule has 2 aromatic rings. The summed E-state index contributed by atoms with van der Waals surface area (Å²) in [6.45, 7) is 0. The summed E-state index contributed by atoms with van der Waals surface area (Å²) in [5.41, 5.74) is 1.42. The van der Waals surface area contributed by atoms with Gasteiger partial charge in [0.25, 0.3) is 0 Å². The fourth-order valence-corrected chi connectivity index (χ4v) is 2.89. The van der Waals surface area contributed by atoms with Crippen molar-refractivity contribution in [3.63, 3.8) is 0 Å². The largest absolute Gasteiger partial charge is 0.496 e. The summed E-state index contributed by atoms with van der Waals surface area (Å²) in [5.74, 6) is 0.279. The summed E-state index contributed by atoms with van der Waals surface area (Å²) in [5, 5.41) is 13.1. The summed E-state index contributed by atoms with van der Waals surface area (Å²) < 4.78 is 12.3. The van der Waals surface area contributed by atoms with Gasteiger partial charge < -0.3 is 14.6 Å². The van der Waals surface area contributed by atoms with Crippen LogP contribution in [0.1, 0.15) is 10.5 Å². The lowest BCUT2D eigenvalue weighted by Gasteiger charge is -2.15. The number of carboxylic acids is 1. The molecule has 0 atom stereocenters. The summed E-state index contributed by atoms with van der Waals surface area (Å²) >= 11 is 1.50. The Bertz CT molecular complexity index is 682. The monoisotopic (exact) mass is 308 g/mol. The zero-order valence-electron chi connectivity index (χ0n) is 12.2. The molecule has 0 aliphatic carbocycles. The quantitative estimate of drug-likeness (QED) is 0.856. The van der Waals surface area contributed by atoms with Crippen molar-refractivity contribution in [2.45, 2.75) is 4.90 Å². The Morgan fingerprint density at radius 1 is 1.29 bits per heavy atom. The normalized spacial score (nSPS) is 10.5. The van der Waals surface area contributed by atoms with E-state index >= 15 is 0 Å². The van der Waals surface area contributed by atoms with E-state index in [9.17, 15) is 4.79 Å². The average molecular weight is 308 g/mol. The van der Waals surface area contributed by atoms with Crippen LogP contribution in [0.4, 0.5) is 0 Å². The first-order chi connectivity index (χ1) is 10.0. The average Bonchev–Trinajstić information content (AvgIpc) is 2.87. The molecule has 2 rings (SSSR count). The van der Waals surface area contributed by atoms with Crippen LogP contribution in [0.2, 0.25) is 0 Å². The molecule has 112 valence electrons. The molecule has 0 radical (unpaired) electrons. The standard InChI is InChI=1S/C14H16N2O4S/c1-16-9(7-8(15-16)14(17)18)12-10(19-2)5-6-11(20-3)13(12)21-4/h5-7H,1-4H3,(H,17,18). The first-order valence-electron chi connectivity index (χ1n) is 6.10. The zero-order valence-corrected chi connectivity index (χ0v) is 13.0. The molecule has 21 heavy (non-hydrogen) atoms. The minimum atomic E-state index is -1.07. The predicted molar refractivity (Wildman–Crippen MR) is 80.5 cm³/mol. The Labute approximate surface area is 126 Å². The molecule has 1 heterocycles. The van der Waals surface area contributed by atoms with Crippen molar-refractivity contribution < 1.29 is 19.4 Å². The van der Waals surface area contributed by atoms with Crippen molar-refractivity contribution in [2.75, 3.05) is 20.5 Å². The second-order valence-corrected chi connectivity index (χ2v) is 5.04. The maximum Gasteiger partial charge on any atom is 0.356 e. The van der Waals surface area contributed by atoms with Gasteiger partial charge in [0.2, 0.25) is 0 Å². The van der Waals surface area contributed by atoms with E-state index in [4.69, 9.17) is 14.6 Å². The first-order valence-corrected chi connectivity index (χ1v) is 7.32. The number of hydrogen-bond donors (Lipinski definition) is 1. The van der Waals surface area contributed by atoms with Crippen molar-refractivity contribution in [3.05, 3.63) is 23.9 Å². The number of hydrogen-bond acceptors (Lipinski definition) is 5. The highest BCUT2D eigenvalue weighted by Gasteiger charge is 2.21. The van der Waals surface area contributed by atoms with Crippen LogP contribution in [0.25, 0.3) is 11.3 Å². The molecule has 6 nitrogen and oxygen atoms in total. The highest BCUT2D eigenvalue weighted by atomic mass is 32.2. The van der Waals surface area contributed by atoms with Crippen molar-refractivity contribution in [2.24, 2.45) is 7.05 Å². The molecule has 1 N–H and O–H groups in total. The molecule has 0 saturated carbocycles. The number of carbonyl (C=O) groups is 1. The van der Waals surface area contributed by atoms with Gasteiger partial charge in [0.1, 0.15) is 11.5 Å². The fourth-order valence-electron chi connectivity index (χ4n) is 2.13. The van der Waals surface area contributed by atoms with Crippen molar-refractivity contribution in [1.29, 1.82) is 0 Å². The number of aromatic carboxylic acids is 1. The molecule has 1 aromatic heterocycles. The highest BCUT2D eigenvalue weighted by Crippen LogP contribution is 2.43. The lowest BCUT2D eigenvalue weighted by Crippen LogP contribution is -2.00. The van der Waals surface area contributed by atoms with E-state index in [1.807, 2.05) is 12.3 Å². The fraction of sp³-hybridized carbons (Fsp3) is 0.286. The predicted octanol–water partition coefficient (Wildman–Crippen LogP) is 2.52. The maximum absolute atomic E-state index is 11.1. The van der Waals surface area contributed by atoms with Gasteiger partial charge in [-0.25, -0.2) is 4.79 Å². The highest BCUT2D eigenvalue weighted by molar-refractivity contribution is 7.98. The third kappa shape index (κ3) is 2.69. The third-order valence-electron chi connectivity index (χ3n) is 3.08. The van der Waals surface area contributed by atoms with Crippen LogP contribution >= 0.6 is 11.8 Å². The van der Waals surface area contributed by atoms with Gasteiger partial charge in [-0.1, -0.05) is 0 Å². The smallest absolute Gasteiger partial charge is 0.356 e. The van der Waals surface area contributed by atoms with Crippen molar-refractivity contribution in [3.8, 4) is 22.8 Å². The second-order valence-electron chi connectivity index (χ2n) is 4.22. The van der Waals surface area contributed by atoms with Gasteiger partial charge in [0.15, 0.2) is 5.69 Å². The van der Waals surface area contributed by atoms with Crippen LogP contribution in [0.5, 0.6) is 11.5 Å². The minimum absolute atomic E-state index is 0.00979. The zero-order chi connectivity index (χ0) is 15.6. The van der Waals surface area contributed by atoms with Crippen LogP contribution < -0.4 is 9.47 Å². The van der Waals surface area contributed by atoms with Gasteiger partial charge in [-0.15, -0.1) is 11.8 Å². The van der Waals surface area contributed by atoms with E-state index in [-0.39, 0.29) is 5.69 Å². The second kappa shape index (κ2) is 6.09. The Balaban J connectivity index is 2.74. The number of methoxy groups -OCH3 is 2. The van der Waals surface area contributed by atoms with Crippen LogP contribution in [0.3, 0.4) is 0 Å². The van der Waals surface area contributed by atoms with E-state index in [1.54, 1.807) is 27.3 Å². The van der Waals surface area contributed by atoms with Crippen LogP contribution in [0.15, 0.2) is 23.1 Å². The Kier molecular flexibility index (Phi) is 4.42. The Hall–Kier alpha value is -2.15. The van der Waals surface area contributed by atoms with Crippen LogP contribution in [0, 0.1) is 0 Å². The van der Waals surface area contributed by atoms with E-state index in [0.717, 1.165) is 10.5 Å². The summed E-state index contributed by atoms with van der Waals surface area (Å²) in [6.07, 6.45) is 1.93. The van der Waals surface area contributed by atoms with Gasteiger partial charge in [0, 0.05) is 7.05 Å². The lowest BCUT2D eigenvalue weighted by atomic mass is 10.1. The molecule has 0 aliphatic rings. The molecule has 0 spiro atoms. The molecule has 7 heteroatoms. The SMILES string of the molecule is COc1ccc(OC)c(-c2cc(C(=O)O)nn2C)c1SC. The molecule has 0 bridgehead atoms. The Morgan fingerprint density at radius 2 is 1.90 bits per heavy atom. The van der Waals surface area contributed by atoms with Crippen molar-refractivity contribution in [1.82, 2.24) is 9.78 Å². The first kappa shape index (κ1) is 15.2. The lowest BCUT2D eigenvalue weighted by molar-refractivity contribution is 0.0689. The van der Waals surface area contributed by atoms with E-state index in [1.165, 1.54) is 22.5 Å². The number of ether oxygens (including phenoxy) is 2. The summed E-state index contributed by atoms with van der Waals surface area (Å²) in [4.78, 5) is 12.0. The van der Waals surface area contributed by atoms with E-state index in [2.05, 4.69) is 5.10 Å². The number of benzene rings is 1. The molecule has 0 amide bonds. The molecular formula is C14H16N2O4S. The number of aryl methyl sites for hydroxylation is 1. The number of nitrogens with zero attached hydrogens (tertiary/aromatic N) is 2. The number of rotatable bonds is 5. The molecule has 0 fully saturated rings. The van der Waals surface area contributed by atoms with E-state index < -0.39 is 5.97 Å². The van der Waals surface area contributed by atoms with E-state index in [0.29, 0.717) is 17.2 Å². The molecule has 1 aromatic carbocycles. The van der Waals surface area contributed by atoms with Gasteiger partial charge in [-0.2, -0.15) is 5.10 Å². The van der Waals surface area contributed by atoms with Crippen LogP contribution in [-0.2, 0) is 7.05 Å². The number of carboxylic acid groups (broad SMARTS) is 1. The third-order valence-corrected chi connectivity index (χ3v) is 3.90. The molecule has 0 unspecified atom stereocenters.